The fourth-order valence-electron chi connectivity index (χ4n) is 5.83. The maximum Gasteiger partial charge on any atom is 0.163 e. The number of piperidine rings is 1. The van der Waals surface area contributed by atoms with Crippen molar-refractivity contribution in [2.45, 2.75) is 25.3 Å². The van der Waals surface area contributed by atoms with Gasteiger partial charge in [-0.25, -0.2) is 9.97 Å². The highest BCUT2D eigenvalue weighted by atomic mass is 16.5. The van der Waals surface area contributed by atoms with Gasteiger partial charge in [0.25, 0.3) is 0 Å². The molecule has 210 valence electrons. The maximum absolute atomic E-state index is 8.33. The van der Waals surface area contributed by atoms with Crippen molar-refractivity contribution in [2.75, 3.05) is 69.2 Å². The Morgan fingerprint density at radius 2 is 2.00 bits per heavy atom. The summed E-state index contributed by atoms with van der Waals surface area (Å²) in [5, 5.41) is 16.5. The molecule has 0 amide bonds. The lowest BCUT2D eigenvalue weighted by molar-refractivity contribution is 0.122. The Morgan fingerprint density at radius 1 is 1.15 bits per heavy atom. The van der Waals surface area contributed by atoms with Gasteiger partial charge >= 0.3 is 0 Å². The van der Waals surface area contributed by atoms with Crippen LogP contribution < -0.4 is 21.3 Å². The summed E-state index contributed by atoms with van der Waals surface area (Å²) in [4.78, 5) is 18.2. The van der Waals surface area contributed by atoms with Gasteiger partial charge in [-0.3, -0.25) is 4.90 Å². The molecule has 0 bridgehead atoms. The molecule has 3 aromatic rings. The smallest absolute Gasteiger partial charge is 0.163 e. The van der Waals surface area contributed by atoms with Gasteiger partial charge in [0.15, 0.2) is 5.82 Å². The molecule has 2 aromatic heterocycles. The van der Waals surface area contributed by atoms with Crippen LogP contribution in [0.5, 0.6) is 0 Å². The second-order valence-corrected chi connectivity index (χ2v) is 10.7. The summed E-state index contributed by atoms with van der Waals surface area (Å²) in [7, 11) is 0. The van der Waals surface area contributed by atoms with Crippen molar-refractivity contribution >= 4 is 28.8 Å². The van der Waals surface area contributed by atoms with Crippen molar-refractivity contribution in [3.8, 4) is 11.4 Å². The third-order valence-electron chi connectivity index (χ3n) is 8.01. The number of rotatable bonds is 9. The third-order valence-corrected chi connectivity index (χ3v) is 8.01. The highest BCUT2D eigenvalue weighted by molar-refractivity contribution is 5.93. The fraction of sp³-hybridized carbons (Fsp3) is 0.433. The van der Waals surface area contributed by atoms with Crippen molar-refractivity contribution in [1.82, 2.24) is 25.2 Å². The van der Waals surface area contributed by atoms with E-state index in [9.17, 15) is 0 Å². The van der Waals surface area contributed by atoms with Crippen LogP contribution in [0.25, 0.3) is 22.3 Å². The first-order chi connectivity index (χ1) is 19.7. The molecule has 40 heavy (non-hydrogen) atoms. The Labute approximate surface area is 235 Å². The number of aromatic amines is 1. The van der Waals surface area contributed by atoms with Crippen LogP contribution in [0.1, 0.15) is 24.0 Å². The molecule has 10 heteroatoms. The van der Waals surface area contributed by atoms with Crippen molar-refractivity contribution < 1.29 is 4.74 Å². The number of benzene rings is 1. The van der Waals surface area contributed by atoms with Crippen LogP contribution in [0, 0.1) is 5.41 Å². The first-order valence-corrected chi connectivity index (χ1v) is 14.4. The molecule has 0 spiro atoms. The number of nitrogens with one attached hydrogen (secondary N) is 4. The molecule has 6 rings (SSSR count). The average Bonchev–Trinajstić information content (AvgIpc) is 3.41. The summed E-state index contributed by atoms with van der Waals surface area (Å²) < 4.78 is 5.61. The molecule has 5 heterocycles. The summed E-state index contributed by atoms with van der Waals surface area (Å²) in [6, 6.07) is 6.60. The molecule has 0 radical (unpaired) electrons. The van der Waals surface area contributed by atoms with Crippen molar-refractivity contribution in [3.05, 3.63) is 59.4 Å². The number of morpholine rings is 1. The van der Waals surface area contributed by atoms with E-state index in [1.54, 1.807) is 0 Å². The van der Waals surface area contributed by atoms with E-state index in [0.717, 1.165) is 92.2 Å². The number of ether oxygens (including phenoxy) is 1. The van der Waals surface area contributed by atoms with E-state index in [1.807, 2.05) is 6.20 Å². The van der Waals surface area contributed by atoms with Crippen LogP contribution >= 0.6 is 0 Å². The number of aromatic nitrogens is 3. The number of likely N-dealkylation sites (tertiary alicyclic amines) is 1. The van der Waals surface area contributed by atoms with Gasteiger partial charge in [-0.05, 0) is 55.1 Å². The molecule has 2 saturated heterocycles. The predicted molar refractivity (Wildman–Crippen MR) is 161 cm³/mol. The van der Waals surface area contributed by atoms with E-state index in [-0.39, 0.29) is 6.04 Å². The molecular weight excluding hydrogens is 502 g/mol. The van der Waals surface area contributed by atoms with Gasteiger partial charge in [-0.2, -0.15) is 0 Å². The van der Waals surface area contributed by atoms with Crippen LogP contribution in [0.4, 0.5) is 11.6 Å². The molecule has 2 fully saturated rings. The van der Waals surface area contributed by atoms with Gasteiger partial charge < -0.3 is 36.4 Å². The average molecular weight is 542 g/mol. The highest BCUT2D eigenvalue weighted by Crippen LogP contribution is 2.31. The molecule has 0 atom stereocenters. The van der Waals surface area contributed by atoms with Gasteiger partial charge in [0.1, 0.15) is 11.6 Å². The van der Waals surface area contributed by atoms with Crippen molar-refractivity contribution in [1.29, 1.82) is 5.41 Å². The number of hydrogen-bond acceptors (Lipinski definition) is 9. The fourth-order valence-corrected chi connectivity index (χ4v) is 5.83. The summed E-state index contributed by atoms with van der Waals surface area (Å²) in [5.74, 6) is 2.19. The van der Waals surface area contributed by atoms with Gasteiger partial charge in [0, 0.05) is 80.4 Å². The van der Waals surface area contributed by atoms with E-state index in [1.165, 1.54) is 17.4 Å². The van der Waals surface area contributed by atoms with E-state index in [0.29, 0.717) is 25.6 Å². The molecule has 0 aliphatic carbocycles. The Bertz CT molecular complexity index is 1400. The normalized spacial score (nSPS) is 18.5. The minimum Gasteiger partial charge on any atom is -0.387 e. The third kappa shape index (κ3) is 5.74. The lowest BCUT2D eigenvalue weighted by Crippen LogP contribution is -2.41. The zero-order valence-electron chi connectivity index (χ0n) is 23.0. The van der Waals surface area contributed by atoms with Crippen LogP contribution in [-0.4, -0.2) is 91.1 Å². The molecule has 0 saturated carbocycles. The topological polar surface area (TPSA) is 131 Å². The predicted octanol–water partition coefficient (Wildman–Crippen LogP) is 2.88. The summed E-state index contributed by atoms with van der Waals surface area (Å²) in [6.07, 6.45) is 12.8. The van der Waals surface area contributed by atoms with E-state index >= 15 is 0 Å². The zero-order valence-corrected chi connectivity index (χ0v) is 23.0. The van der Waals surface area contributed by atoms with E-state index < -0.39 is 0 Å². The number of anilines is 2. The highest BCUT2D eigenvalue weighted by Gasteiger charge is 2.25. The van der Waals surface area contributed by atoms with Crippen LogP contribution in [-0.2, 0) is 11.2 Å². The quantitative estimate of drug-likeness (QED) is 0.262. The minimum atomic E-state index is 0.285. The SMILES string of the molecule is N=Cc1c(NC2CCN(CC3=CNCC=C3)CC2)nc(-c2ccc3[nH]cc(CCN)c3c2)nc1N1CCOCC1. The van der Waals surface area contributed by atoms with Gasteiger partial charge in [-0.15, -0.1) is 0 Å². The number of hydrogen-bond donors (Lipinski definition) is 5. The number of nitrogens with zero attached hydrogens (tertiary/aromatic N) is 4. The number of H-pyrrole nitrogens is 1. The molecule has 3 aliphatic heterocycles. The largest absolute Gasteiger partial charge is 0.387 e. The van der Waals surface area contributed by atoms with Crippen LogP contribution in [0.15, 0.2) is 48.3 Å². The lowest BCUT2D eigenvalue weighted by atomic mass is 10.0. The Kier molecular flexibility index (Phi) is 8.08. The monoisotopic (exact) mass is 541 g/mol. The first-order valence-electron chi connectivity index (χ1n) is 14.4. The Hall–Kier alpha value is -3.73. The van der Waals surface area contributed by atoms with Crippen molar-refractivity contribution in [3.63, 3.8) is 0 Å². The standard InChI is InChI=1S/C30H39N9O/c31-8-5-23-19-34-27-4-3-22(16-25(23)27)28-36-29(26(17-32)30(37-28)39-12-14-40-15-13-39)35-24-6-10-38(11-7-24)20-21-2-1-9-33-18-21/h1-4,16-19,24,32-34H,5-15,20,31H2,(H,35,36,37). The lowest BCUT2D eigenvalue weighted by Gasteiger charge is -2.34. The van der Waals surface area contributed by atoms with Crippen LogP contribution in [0.3, 0.4) is 0 Å². The zero-order chi connectivity index (χ0) is 27.3. The number of nitrogens with two attached hydrogens (primary N) is 1. The minimum absolute atomic E-state index is 0.285. The Morgan fingerprint density at radius 3 is 2.75 bits per heavy atom. The Balaban J connectivity index is 1.28. The molecule has 6 N–H and O–H groups in total. The molecule has 10 nitrogen and oxygen atoms in total. The molecule has 3 aliphatic rings. The molecule has 0 unspecified atom stereocenters. The van der Waals surface area contributed by atoms with Gasteiger partial charge in [0.05, 0.1) is 18.8 Å². The van der Waals surface area contributed by atoms with E-state index in [2.05, 4.69) is 62.0 Å². The summed E-state index contributed by atoms with van der Waals surface area (Å²) in [5.41, 5.74) is 11.2. The van der Waals surface area contributed by atoms with Gasteiger partial charge in [-0.1, -0.05) is 12.2 Å². The maximum atomic E-state index is 8.33. The van der Waals surface area contributed by atoms with Gasteiger partial charge in [0.2, 0.25) is 0 Å². The van der Waals surface area contributed by atoms with Crippen LogP contribution in [0.2, 0.25) is 0 Å². The molecule has 1 aromatic carbocycles. The summed E-state index contributed by atoms with van der Waals surface area (Å²) in [6.45, 7) is 7.29. The molecular formula is C30H39N9O. The first kappa shape index (κ1) is 26.5. The summed E-state index contributed by atoms with van der Waals surface area (Å²) >= 11 is 0. The van der Waals surface area contributed by atoms with E-state index in [4.69, 9.17) is 25.8 Å². The number of dihydropyridines is 1. The second kappa shape index (κ2) is 12.2. The number of fused-ring (bicyclic) bond motifs is 1. The van der Waals surface area contributed by atoms with Crippen molar-refractivity contribution in [2.24, 2.45) is 5.73 Å². The second-order valence-electron chi connectivity index (χ2n) is 10.7.